The highest BCUT2D eigenvalue weighted by Gasteiger charge is 2.15. The average Bonchev–Trinajstić information content (AvgIpc) is 2.73. The zero-order valence-corrected chi connectivity index (χ0v) is 15.8. The Morgan fingerprint density at radius 2 is 1.93 bits per heavy atom. The zero-order chi connectivity index (χ0) is 20.1. The molecule has 0 fully saturated rings. The Morgan fingerprint density at radius 1 is 1.18 bits per heavy atom. The summed E-state index contributed by atoms with van der Waals surface area (Å²) < 4.78 is 10.1. The lowest BCUT2D eigenvalue weighted by Crippen LogP contribution is -2.13. The number of nitrogens with two attached hydrogens (primary N) is 1. The monoisotopic (exact) mass is 382 g/mol. The second-order valence-electron chi connectivity index (χ2n) is 6.26. The predicted octanol–water partition coefficient (Wildman–Crippen LogP) is 3.79. The Morgan fingerprint density at radius 3 is 2.64 bits per heavy atom. The molecule has 8 nitrogen and oxygen atoms in total. The minimum Gasteiger partial charge on any atom is -0.497 e. The molecule has 0 saturated carbocycles. The molecule has 146 valence electrons. The number of ether oxygens (including phenoxy) is 2. The lowest BCUT2D eigenvalue weighted by Gasteiger charge is -2.20. The smallest absolute Gasteiger partial charge is 0.299 e. The number of anilines is 2. The standard InChI is InChI=1S/C10H8N2O3.C10H14N2O/c1-15-8-5-7-3-2-4-11-10(7)9(6-8)12(13)14;1-13-8-5-7-3-2-4-12-10(7)9(11)6-8/h2-6H,1H3;5-6,12H,2-4,11H2,1H3. The molecule has 2 heterocycles. The predicted molar refractivity (Wildman–Crippen MR) is 109 cm³/mol. The Labute approximate surface area is 162 Å². The number of nitrogens with zero attached hydrogens (tertiary/aromatic N) is 2. The molecule has 1 aliphatic rings. The van der Waals surface area contributed by atoms with Gasteiger partial charge in [0.25, 0.3) is 5.69 Å². The van der Waals surface area contributed by atoms with Gasteiger partial charge in [0.15, 0.2) is 0 Å². The van der Waals surface area contributed by atoms with E-state index in [1.165, 1.54) is 31.4 Å². The number of aromatic nitrogens is 1. The van der Waals surface area contributed by atoms with Crippen molar-refractivity contribution in [2.24, 2.45) is 0 Å². The minimum absolute atomic E-state index is 0.0371. The fourth-order valence-electron chi connectivity index (χ4n) is 3.12. The molecule has 1 aliphatic heterocycles. The lowest BCUT2D eigenvalue weighted by molar-refractivity contribution is -0.383. The summed E-state index contributed by atoms with van der Waals surface area (Å²) in [6.45, 7) is 1.02. The van der Waals surface area contributed by atoms with E-state index in [2.05, 4.69) is 16.4 Å². The molecule has 0 bridgehead atoms. The van der Waals surface area contributed by atoms with Crippen LogP contribution in [0.1, 0.15) is 12.0 Å². The van der Waals surface area contributed by atoms with Crippen LogP contribution in [0.25, 0.3) is 10.9 Å². The minimum atomic E-state index is -0.460. The molecule has 0 saturated heterocycles. The summed E-state index contributed by atoms with van der Waals surface area (Å²) in [7, 11) is 3.14. The number of nitrogen functional groups attached to an aromatic ring is 1. The second-order valence-corrected chi connectivity index (χ2v) is 6.26. The van der Waals surface area contributed by atoms with Gasteiger partial charge in [0.2, 0.25) is 0 Å². The Kier molecular flexibility index (Phi) is 5.78. The number of pyridine rings is 1. The van der Waals surface area contributed by atoms with Gasteiger partial charge >= 0.3 is 0 Å². The topological polar surface area (TPSA) is 113 Å². The van der Waals surface area contributed by atoms with Crippen molar-refractivity contribution in [3.05, 3.63) is 58.3 Å². The number of aryl methyl sites for hydroxylation is 1. The van der Waals surface area contributed by atoms with Crippen molar-refractivity contribution in [3.63, 3.8) is 0 Å². The van der Waals surface area contributed by atoms with Crippen LogP contribution in [0.4, 0.5) is 17.1 Å². The molecule has 1 aromatic heterocycles. The van der Waals surface area contributed by atoms with Crippen LogP contribution < -0.4 is 20.5 Å². The van der Waals surface area contributed by atoms with E-state index in [0.717, 1.165) is 30.1 Å². The molecular formula is C20H22N4O4. The summed E-state index contributed by atoms with van der Waals surface area (Å²) in [5.74, 6) is 1.31. The summed E-state index contributed by atoms with van der Waals surface area (Å²) in [6, 6.07) is 10.5. The number of nitro groups is 1. The SMILES string of the molecule is COc1cc(N)c2c(c1)CCCN2.COc1cc([N+](=O)[O-])c2ncccc2c1. The first-order chi connectivity index (χ1) is 13.5. The van der Waals surface area contributed by atoms with Crippen LogP contribution in [0.2, 0.25) is 0 Å². The fraction of sp³-hybridized carbons (Fsp3) is 0.250. The third-order valence-electron chi connectivity index (χ3n) is 4.48. The highest BCUT2D eigenvalue weighted by molar-refractivity contribution is 5.88. The normalized spacial score (nSPS) is 12.2. The van der Waals surface area contributed by atoms with Gasteiger partial charge in [0.1, 0.15) is 17.0 Å². The number of hydrogen-bond donors (Lipinski definition) is 2. The molecule has 3 N–H and O–H groups in total. The Bertz CT molecular complexity index is 1010. The molecule has 0 radical (unpaired) electrons. The molecule has 0 aliphatic carbocycles. The lowest BCUT2D eigenvalue weighted by atomic mass is 10.0. The molecule has 28 heavy (non-hydrogen) atoms. The summed E-state index contributed by atoms with van der Waals surface area (Å²) >= 11 is 0. The fourth-order valence-corrected chi connectivity index (χ4v) is 3.12. The number of non-ortho nitro benzene ring substituents is 1. The molecule has 0 atom stereocenters. The maximum Gasteiger partial charge on any atom is 0.299 e. The van der Waals surface area contributed by atoms with Crippen LogP contribution in [0.3, 0.4) is 0 Å². The van der Waals surface area contributed by atoms with Gasteiger partial charge in [-0.2, -0.15) is 0 Å². The van der Waals surface area contributed by atoms with Crippen LogP contribution in [0.5, 0.6) is 11.5 Å². The van der Waals surface area contributed by atoms with E-state index in [-0.39, 0.29) is 5.69 Å². The first kappa shape index (κ1) is 19.2. The number of benzene rings is 2. The van der Waals surface area contributed by atoms with Crippen molar-refractivity contribution in [1.29, 1.82) is 0 Å². The van der Waals surface area contributed by atoms with Crippen LogP contribution in [-0.4, -0.2) is 30.7 Å². The largest absolute Gasteiger partial charge is 0.497 e. The van der Waals surface area contributed by atoms with Crippen LogP contribution in [0, 0.1) is 10.1 Å². The molecule has 0 unspecified atom stereocenters. The van der Waals surface area contributed by atoms with Crippen molar-refractivity contribution in [3.8, 4) is 11.5 Å². The van der Waals surface area contributed by atoms with Crippen molar-refractivity contribution in [2.75, 3.05) is 31.8 Å². The zero-order valence-electron chi connectivity index (χ0n) is 15.8. The van der Waals surface area contributed by atoms with E-state index in [1.807, 2.05) is 6.07 Å². The van der Waals surface area contributed by atoms with Gasteiger partial charge in [-0.3, -0.25) is 10.1 Å². The average molecular weight is 382 g/mol. The van der Waals surface area contributed by atoms with Gasteiger partial charge in [-0.15, -0.1) is 0 Å². The summed E-state index contributed by atoms with van der Waals surface area (Å²) in [6.07, 6.45) is 3.78. The molecule has 3 aromatic rings. The second kappa shape index (κ2) is 8.43. The van der Waals surface area contributed by atoms with Crippen LogP contribution in [-0.2, 0) is 6.42 Å². The van der Waals surface area contributed by atoms with Crippen molar-refractivity contribution >= 4 is 28.0 Å². The molecule has 4 rings (SSSR count). The molecule has 8 heteroatoms. The number of rotatable bonds is 3. The van der Waals surface area contributed by atoms with E-state index in [0.29, 0.717) is 16.7 Å². The van der Waals surface area contributed by atoms with Gasteiger partial charge in [0.05, 0.1) is 36.6 Å². The summed E-state index contributed by atoms with van der Waals surface area (Å²) in [5, 5.41) is 14.8. The van der Waals surface area contributed by atoms with Crippen molar-refractivity contribution in [1.82, 2.24) is 4.98 Å². The Hall–Kier alpha value is -3.55. The van der Waals surface area contributed by atoms with Gasteiger partial charge < -0.3 is 20.5 Å². The highest BCUT2D eigenvalue weighted by Crippen LogP contribution is 2.32. The van der Waals surface area contributed by atoms with Crippen LogP contribution >= 0.6 is 0 Å². The molecule has 2 aromatic carbocycles. The van der Waals surface area contributed by atoms with Gasteiger partial charge in [-0.25, -0.2) is 4.98 Å². The maximum atomic E-state index is 10.8. The molecular weight excluding hydrogens is 360 g/mol. The summed E-state index contributed by atoms with van der Waals surface area (Å²) in [4.78, 5) is 14.3. The molecule has 0 amide bonds. The molecule has 0 spiro atoms. The Balaban J connectivity index is 0.000000162. The first-order valence-electron chi connectivity index (χ1n) is 8.81. The third-order valence-corrected chi connectivity index (χ3v) is 4.48. The van der Waals surface area contributed by atoms with E-state index in [4.69, 9.17) is 15.2 Å². The highest BCUT2D eigenvalue weighted by atomic mass is 16.6. The van der Waals surface area contributed by atoms with Crippen molar-refractivity contribution < 1.29 is 14.4 Å². The summed E-state index contributed by atoms with van der Waals surface area (Å²) in [5.41, 5.74) is 9.36. The van der Waals surface area contributed by atoms with E-state index < -0.39 is 4.92 Å². The number of hydrogen-bond acceptors (Lipinski definition) is 7. The first-order valence-corrected chi connectivity index (χ1v) is 8.81. The van der Waals surface area contributed by atoms with Gasteiger partial charge in [0, 0.05) is 24.2 Å². The van der Waals surface area contributed by atoms with E-state index in [1.54, 1.807) is 25.3 Å². The number of nitrogens with one attached hydrogen (secondary N) is 1. The van der Waals surface area contributed by atoms with E-state index in [9.17, 15) is 10.1 Å². The van der Waals surface area contributed by atoms with Gasteiger partial charge in [-0.1, -0.05) is 6.07 Å². The number of methoxy groups -OCH3 is 2. The quantitative estimate of drug-likeness (QED) is 0.402. The van der Waals surface area contributed by atoms with Crippen LogP contribution in [0.15, 0.2) is 42.6 Å². The number of nitro benzene ring substituents is 1. The maximum absolute atomic E-state index is 10.8. The van der Waals surface area contributed by atoms with Gasteiger partial charge in [-0.05, 0) is 36.6 Å². The van der Waals surface area contributed by atoms with E-state index >= 15 is 0 Å². The third kappa shape index (κ3) is 4.06. The van der Waals surface area contributed by atoms with Crippen molar-refractivity contribution in [2.45, 2.75) is 12.8 Å². The number of fused-ring (bicyclic) bond motifs is 2.